The lowest BCUT2D eigenvalue weighted by molar-refractivity contribution is -0.162. The van der Waals surface area contributed by atoms with Gasteiger partial charge in [0.15, 0.2) is 0 Å². The van der Waals surface area contributed by atoms with Gasteiger partial charge in [0, 0.05) is 0 Å². The van der Waals surface area contributed by atoms with E-state index in [1.54, 1.807) is 0 Å². The summed E-state index contributed by atoms with van der Waals surface area (Å²) in [4.78, 5) is 24.7. The van der Waals surface area contributed by atoms with E-state index in [0.29, 0.717) is 31.5 Å². The first kappa shape index (κ1) is 16.3. The summed E-state index contributed by atoms with van der Waals surface area (Å²) in [6.07, 6.45) is 4.47. The third kappa shape index (κ3) is 2.73. The molecule has 2 saturated carbocycles. The van der Waals surface area contributed by atoms with Crippen molar-refractivity contribution in [2.24, 2.45) is 17.8 Å². The number of rotatable bonds is 4. The fourth-order valence-corrected chi connectivity index (χ4v) is 4.58. The number of fused-ring (bicyclic) bond motifs is 2. The van der Waals surface area contributed by atoms with Crippen molar-refractivity contribution in [2.75, 3.05) is 13.7 Å². The van der Waals surface area contributed by atoms with Crippen LogP contribution in [-0.4, -0.2) is 49.1 Å². The van der Waals surface area contributed by atoms with E-state index in [0.717, 1.165) is 19.3 Å². The van der Waals surface area contributed by atoms with Crippen LogP contribution >= 0.6 is 0 Å². The highest BCUT2D eigenvalue weighted by Gasteiger charge is 2.61. The van der Waals surface area contributed by atoms with E-state index < -0.39 is 11.8 Å². The first-order valence-corrected chi connectivity index (χ1v) is 8.95. The first-order valence-electron chi connectivity index (χ1n) is 8.95. The van der Waals surface area contributed by atoms with Gasteiger partial charge in [0.1, 0.15) is 0 Å². The lowest BCUT2D eigenvalue weighted by atomic mass is 9.74. The smallest absolute Gasteiger partial charge is 0.309 e. The topological polar surface area (TPSA) is 77.7 Å². The zero-order valence-corrected chi connectivity index (χ0v) is 14.6. The number of epoxide rings is 2. The van der Waals surface area contributed by atoms with Crippen molar-refractivity contribution in [3.63, 3.8) is 0 Å². The van der Waals surface area contributed by atoms with Crippen molar-refractivity contribution in [2.45, 2.75) is 69.4 Å². The summed E-state index contributed by atoms with van der Waals surface area (Å²) in [5.74, 6) is -1.19. The minimum atomic E-state index is -0.465. The average molecular weight is 338 g/mol. The molecule has 4 rings (SSSR count). The number of hydrogen-bond acceptors (Lipinski definition) is 6. The fourth-order valence-electron chi connectivity index (χ4n) is 4.58. The molecule has 6 nitrogen and oxygen atoms in total. The molecule has 0 aromatic heterocycles. The van der Waals surface area contributed by atoms with Crippen molar-refractivity contribution in [1.29, 1.82) is 0 Å². The molecule has 0 aromatic rings. The van der Waals surface area contributed by atoms with Crippen molar-refractivity contribution < 1.29 is 28.5 Å². The van der Waals surface area contributed by atoms with Crippen LogP contribution in [-0.2, 0) is 28.5 Å². The minimum Gasteiger partial charge on any atom is -0.469 e. The Hall–Kier alpha value is -1.14. The largest absolute Gasteiger partial charge is 0.469 e. The number of carbonyl (C=O) groups is 2. The molecular formula is C18H26O6. The number of methoxy groups -OCH3 is 1. The van der Waals surface area contributed by atoms with Crippen molar-refractivity contribution >= 4 is 11.9 Å². The molecule has 6 unspecified atom stereocenters. The van der Waals surface area contributed by atoms with Gasteiger partial charge in [0.2, 0.25) is 0 Å². The summed E-state index contributed by atoms with van der Waals surface area (Å²) < 4.78 is 21.8. The molecule has 2 aliphatic carbocycles. The molecule has 0 amide bonds. The molecule has 0 bridgehead atoms. The Bertz CT molecular complexity index is 562. The summed E-state index contributed by atoms with van der Waals surface area (Å²) in [7, 11) is 1.36. The second-order valence-electron chi connectivity index (χ2n) is 8.28. The maximum Gasteiger partial charge on any atom is 0.309 e. The lowest BCUT2D eigenvalue weighted by Gasteiger charge is -2.29. The van der Waals surface area contributed by atoms with Crippen molar-refractivity contribution in [3.8, 4) is 0 Å². The predicted octanol–water partition coefficient (Wildman–Crippen LogP) is 1.84. The molecule has 4 aliphatic rings. The molecule has 2 heterocycles. The summed E-state index contributed by atoms with van der Waals surface area (Å²) in [6.45, 7) is 4.56. The van der Waals surface area contributed by atoms with Gasteiger partial charge in [-0.05, 0) is 51.9 Å². The van der Waals surface area contributed by atoms with Crippen LogP contribution in [0.2, 0.25) is 0 Å². The quantitative estimate of drug-likeness (QED) is 0.575. The zero-order valence-electron chi connectivity index (χ0n) is 14.6. The van der Waals surface area contributed by atoms with Crippen LogP contribution in [0, 0.1) is 17.8 Å². The summed E-state index contributed by atoms with van der Waals surface area (Å²) >= 11 is 0. The Kier molecular flexibility index (Phi) is 3.69. The Labute approximate surface area is 142 Å². The van der Waals surface area contributed by atoms with Gasteiger partial charge in [-0.2, -0.15) is 0 Å². The third-order valence-corrected chi connectivity index (χ3v) is 6.51. The molecule has 2 aliphatic heterocycles. The van der Waals surface area contributed by atoms with E-state index in [2.05, 4.69) is 6.92 Å². The fraction of sp³-hybridized carbons (Fsp3) is 0.889. The average Bonchev–Trinajstić information content (AvgIpc) is 3.42. The van der Waals surface area contributed by atoms with Crippen molar-refractivity contribution in [1.82, 2.24) is 0 Å². The molecule has 0 spiro atoms. The van der Waals surface area contributed by atoms with Gasteiger partial charge in [-0.3, -0.25) is 9.59 Å². The van der Waals surface area contributed by atoms with Gasteiger partial charge in [-0.1, -0.05) is 0 Å². The van der Waals surface area contributed by atoms with Gasteiger partial charge >= 0.3 is 11.9 Å². The van der Waals surface area contributed by atoms with Gasteiger partial charge < -0.3 is 18.9 Å². The Morgan fingerprint density at radius 1 is 1.04 bits per heavy atom. The number of ether oxygens (including phenoxy) is 4. The normalized spacial score (nSPS) is 48.7. The Morgan fingerprint density at radius 2 is 1.75 bits per heavy atom. The van der Waals surface area contributed by atoms with E-state index in [1.165, 1.54) is 7.11 Å². The molecule has 6 heteroatoms. The van der Waals surface area contributed by atoms with Gasteiger partial charge in [-0.15, -0.1) is 0 Å². The van der Waals surface area contributed by atoms with Crippen molar-refractivity contribution in [3.05, 3.63) is 0 Å². The first-order chi connectivity index (χ1) is 11.3. The highest BCUT2D eigenvalue weighted by molar-refractivity contribution is 5.82. The lowest BCUT2D eigenvalue weighted by Crippen LogP contribution is -2.40. The second-order valence-corrected chi connectivity index (χ2v) is 8.28. The van der Waals surface area contributed by atoms with Crippen LogP contribution in [0.3, 0.4) is 0 Å². The summed E-state index contributed by atoms with van der Waals surface area (Å²) in [6, 6.07) is 0. The van der Waals surface area contributed by atoms with E-state index in [9.17, 15) is 9.59 Å². The zero-order chi connectivity index (χ0) is 17.1. The monoisotopic (exact) mass is 338 g/mol. The van der Waals surface area contributed by atoms with Crippen LogP contribution in [0.15, 0.2) is 0 Å². The van der Waals surface area contributed by atoms with Gasteiger partial charge in [0.25, 0.3) is 0 Å². The van der Waals surface area contributed by atoms with Crippen LogP contribution in [0.25, 0.3) is 0 Å². The van der Waals surface area contributed by atoms with Crippen LogP contribution in [0.1, 0.15) is 46.0 Å². The van der Waals surface area contributed by atoms with E-state index >= 15 is 0 Å². The van der Waals surface area contributed by atoms with E-state index in [-0.39, 0.29) is 29.2 Å². The van der Waals surface area contributed by atoms with Crippen LogP contribution < -0.4 is 0 Å². The highest BCUT2D eigenvalue weighted by atomic mass is 16.6. The molecule has 7 atom stereocenters. The highest BCUT2D eigenvalue weighted by Crippen LogP contribution is 2.52. The molecule has 4 fully saturated rings. The van der Waals surface area contributed by atoms with Crippen LogP contribution in [0.5, 0.6) is 0 Å². The number of carbonyl (C=O) groups excluding carboxylic acids is 2. The SMILES string of the molecule is COC(=O)[C@@H]1CC2(C)OC2CC1C(=O)OCC1CCC2(C)OC2C1. The Morgan fingerprint density at radius 3 is 2.46 bits per heavy atom. The maximum atomic E-state index is 12.6. The second kappa shape index (κ2) is 5.43. The molecule has 0 N–H and O–H groups in total. The molecule has 2 saturated heterocycles. The predicted molar refractivity (Wildman–Crippen MR) is 83.1 cm³/mol. The molecular weight excluding hydrogens is 312 g/mol. The van der Waals surface area contributed by atoms with E-state index in [1.807, 2.05) is 6.92 Å². The standard InChI is InChI=1S/C18H26O6/c1-17-5-4-10(6-13(17)23-17)9-22-16(20)11-7-14-18(2,24-14)8-12(11)15(19)21-3/h10-14H,4-9H2,1-3H3/t10?,11?,12-,13?,14?,17?,18?/m1/s1. The molecule has 24 heavy (non-hydrogen) atoms. The van der Waals surface area contributed by atoms with Gasteiger partial charge in [-0.25, -0.2) is 0 Å². The van der Waals surface area contributed by atoms with Gasteiger partial charge in [0.05, 0.1) is 49.0 Å². The minimum absolute atomic E-state index is 0.0613. The summed E-state index contributed by atoms with van der Waals surface area (Å²) in [5, 5.41) is 0. The molecule has 134 valence electrons. The Balaban J connectivity index is 1.33. The molecule has 0 radical (unpaired) electrons. The number of esters is 2. The van der Waals surface area contributed by atoms with Crippen LogP contribution in [0.4, 0.5) is 0 Å². The summed E-state index contributed by atoms with van der Waals surface area (Å²) in [5.41, 5.74) is -0.194. The molecule has 0 aromatic carbocycles. The third-order valence-electron chi connectivity index (χ3n) is 6.51. The number of hydrogen-bond donors (Lipinski definition) is 0. The van der Waals surface area contributed by atoms with E-state index in [4.69, 9.17) is 18.9 Å². The maximum absolute atomic E-state index is 12.6.